The molecular formula is C16H22F2N2O. The Hall–Kier alpha value is -1.49. The van der Waals surface area contributed by atoms with Crippen molar-refractivity contribution in [2.45, 2.75) is 32.1 Å². The number of carbonyl (C=O) groups excluding carboxylic acids is 1. The van der Waals surface area contributed by atoms with E-state index in [-0.39, 0.29) is 11.5 Å². The molecule has 1 N–H and O–H groups in total. The second kappa shape index (κ2) is 8.08. The van der Waals surface area contributed by atoms with Gasteiger partial charge in [0, 0.05) is 12.1 Å². The molecular weight excluding hydrogens is 274 g/mol. The van der Waals surface area contributed by atoms with E-state index in [2.05, 4.69) is 10.2 Å². The molecule has 21 heavy (non-hydrogen) atoms. The average molecular weight is 296 g/mol. The van der Waals surface area contributed by atoms with Gasteiger partial charge in [-0.15, -0.1) is 0 Å². The first-order chi connectivity index (χ1) is 10.2. The van der Waals surface area contributed by atoms with Crippen LogP contribution in [0.3, 0.4) is 0 Å². The summed E-state index contributed by atoms with van der Waals surface area (Å²) in [7, 11) is 0. The largest absolute Gasteiger partial charge is 0.352 e. The molecule has 1 aromatic carbocycles. The van der Waals surface area contributed by atoms with Crippen LogP contribution in [0.15, 0.2) is 18.2 Å². The van der Waals surface area contributed by atoms with E-state index in [1.807, 2.05) is 0 Å². The minimum Gasteiger partial charge on any atom is -0.352 e. The van der Waals surface area contributed by atoms with Crippen LogP contribution in [0, 0.1) is 11.6 Å². The maximum Gasteiger partial charge on any atom is 0.251 e. The highest BCUT2D eigenvalue weighted by atomic mass is 19.2. The van der Waals surface area contributed by atoms with Crippen LogP contribution in [0.5, 0.6) is 0 Å². The first-order valence-electron chi connectivity index (χ1n) is 7.62. The molecule has 1 aliphatic heterocycles. The highest BCUT2D eigenvalue weighted by Gasteiger charge is 2.10. The number of benzene rings is 1. The molecule has 1 aromatic rings. The summed E-state index contributed by atoms with van der Waals surface area (Å²) in [5, 5.41) is 2.75. The molecule has 5 heteroatoms. The van der Waals surface area contributed by atoms with E-state index in [0.717, 1.165) is 38.2 Å². The number of likely N-dealkylation sites (tertiary alicyclic amines) is 1. The second-order valence-corrected chi connectivity index (χ2v) is 5.49. The first kappa shape index (κ1) is 15.9. The molecule has 0 saturated carbocycles. The van der Waals surface area contributed by atoms with E-state index < -0.39 is 11.6 Å². The van der Waals surface area contributed by atoms with Crippen LogP contribution in [0.2, 0.25) is 0 Å². The molecule has 0 spiro atoms. The van der Waals surface area contributed by atoms with Gasteiger partial charge in [-0.25, -0.2) is 8.78 Å². The highest BCUT2D eigenvalue weighted by molar-refractivity contribution is 5.94. The lowest BCUT2D eigenvalue weighted by molar-refractivity contribution is 0.0951. The Labute approximate surface area is 124 Å². The summed E-state index contributed by atoms with van der Waals surface area (Å²) in [5.41, 5.74) is 0.156. The average Bonchev–Trinajstić information content (AvgIpc) is 2.75. The Bertz CT molecular complexity index is 471. The van der Waals surface area contributed by atoms with Gasteiger partial charge in [0.05, 0.1) is 0 Å². The van der Waals surface area contributed by atoms with Gasteiger partial charge < -0.3 is 10.2 Å². The summed E-state index contributed by atoms with van der Waals surface area (Å²) in [4.78, 5) is 14.2. The van der Waals surface area contributed by atoms with Crippen molar-refractivity contribution in [1.82, 2.24) is 10.2 Å². The number of carbonyl (C=O) groups is 1. The molecule has 0 atom stereocenters. The van der Waals surface area contributed by atoms with E-state index in [0.29, 0.717) is 6.54 Å². The summed E-state index contributed by atoms with van der Waals surface area (Å²) in [6, 6.07) is 3.20. The maximum absolute atomic E-state index is 13.0. The fourth-order valence-corrected chi connectivity index (χ4v) is 2.60. The molecule has 1 heterocycles. The van der Waals surface area contributed by atoms with Crippen LogP contribution in [-0.4, -0.2) is 37.0 Å². The number of nitrogens with one attached hydrogen (secondary N) is 1. The zero-order chi connectivity index (χ0) is 15.1. The predicted molar refractivity (Wildman–Crippen MR) is 78.2 cm³/mol. The molecule has 1 amide bonds. The van der Waals surface area contributed by atoms with Crippen molar-refractivity contribution in [3.8, 4) is 0 Å². The summed E-state index contributed by atoms with van der Waals surface area (Å²) >= 11 is 0. The van der Waals surface area contributed by atoms with Gasteiger partial charge in [-0.05, 0) is 57.1 Å². The fraction of sp³-hybridized carbons (Fsp3) is 0.562. The van der Waals surface area contributed by atoms with Gasteiger partial charge in [0.15, 0.2) is 11.6 Å². The number of rotatable bonds is 5. The van der Waals surface area contributed by atoms with Crippen molar-refractivity contribution in [1.29, 1.82) is 0 Å². The standard InChI is InChI=1S/C16H22F2N2O/c17-14-7-6-13(12-15(14)18)16(21)19-8-5-11-20-9-3-1-2-4-10-20/h6-7,12H,1-5,8-11H2,(H,19,21). The molecule has 1 aliphatic rings. The number of hydrogen-bond donors (Lipinski definition) is 1. The molecule has 3 nitrogen and oxygen atoms in total. The van der Waals surface area contributed by atoms with E-state index in [1.54, 1.807) is 0 Å². The number of amides is 1. The third-order valence-corrected chi connectivity index (χ3v) is 3.82. The topological polar surface area (TPSA) is 32.3 Å². The lowest BCUT2D eigenvalue weighted by atomic mass is 10.2. The van der Waals surface area contributed by atoms with E-state index >= 15 is 0 Å². The molecule has 0 aromatic heterocycles. The Kier molecular flexibility index (Phi) is 6.11. The van der Waals surface area contributed by atoms with Crippen LogP contribution in [0.25, 0.3) is 0 Å². The smallest absolute Gasteiger partial charge is 0.251 e. The van der Waals surface area contributed by atoms with E-state index in [4.69, 9.17) is 0 Å². The van der Waals surface area contributed by atoms with Crippen molar-refractivity contribution in [2.75, 3.05) is 26.2 Å². The number of nitrogens with zero attached hydrogens (tertiary/aromatic N) is 1. The van der Waals surface area contributed by atoms with Crippen molar-refractivity contribution in [3.63, 3.8) is 0 Å². The second-order valence-electron chi connectivity index (χ2n) is 5.49. The maximum atomic E-state index is 13.0. The van der Waals surface area contributed by atoms with Crippen LogP contribution in [0.4, 0.5) is 8.78 Å². The molecule has 2 rings (SSSR count). The number of halogens is 2. The highest BCUT2D eigenvalue weighted by Crippen LogP contribution is 2.10. The monoisotopic (exact) mass is 296 g/mol. The van der Waals surface area contributed by atoms with Crippen molar-refractivity contribution in [2.24, 2.45) is 0 Å². The Morgan fingerprint density at radius 3 is 2.48 bits per heavy atom. The Morgan fingerprint density at radius 1 is 1.10 bits per heavy atom. The van der Waals surface area contributed by atoms with Crippen molar-refractivity contribution in [3.05, 3.63) is 35.4 Å². The van der Waals surface area contributed by atoms with Crippen molar-refractivity contribution < 1.29 is 13.6 Å². The van der Waals surface area contributed by atoms with Gasteiger partial charge in [0.2, 0.25) is 0 Å². The van der Waals surface area contributed by atoms with E-state index in [9.17, 15) is 13.6 Å². The van der Waals surface area contributed by atoms with Crippen molar-refractivity contribution >= 4 is 5.91 Å². The minimum absolute atomic E-state index is 0.156. The zero-order valence-corrected chi connectivity index (χ0v) is 12.2. The minimum atomic E-state index is -0.993. The lowest BCUT2D eigenvalue weighted by Crippen LogP contribution is -2.30. The molecule has 116 valence electrons. The first-order valence-corrected chi connectivity index (χ1v) is 7.62. The molecule has 0 aliphatic carbocycles. The van der Waals surface area contributed by atoms with Gasteiger partial charge in [-0.3, -0.25) is 4.79 Å². The zero-order valence-electron chi connectivity index (χ0n) is 12.2. The Morgan fingerprint density at radius 2 is 1.81 bits per heavy atom. The van der Waals surface area contributed by atoms with Crippen LogP contribution < -0.4 is 5.32 Å². The van der Waals surface area contributed by atoms with Crippen LogP contribution >= 0.6 is 0 Å². The third-order valence-electron chi connectivity index (χ3n) is 3.82. The van der Waals surface area contributed by atoms with Crippen LogP contribution in [-0.2, 0) is 0 Å². The Balaban J connectivity index is 1.70. The SMILES string of the molecule is O=C(NCCCN1CCCCCC1)c1ccc(F)c(F)c1. The summed E-state index contributed by atoms with van der Waals surface area (Å²) in [6.07, 6.45) is 5.99. The molecule has 0 radical (unpaired) electrons. The molecule has 1 saturated heterocycles. The van der Waals surface area contributed by atoms with E-state index in [1.165, 1.54) is 31.7 Å². The lowest BCUT2D eigenvalue weighted by Gasteiger charge is -2.19. The third kappa shape index (κ3) is 5.08. The van der Waals surface area contributed by atoms with Gasteiger partial charge in [0.1, 0.15) is 0 Å². The molecule has 1 fully saturated rings. The van der Waals surface area contributed by atoms with Gasteiger partial charge in [-0.2, -0.15) is 0 Å². The molecule has 0 unspecified atom stereocenters. The fourth-order valence-electron chi connectivity index (χ4n) is 2.60. The predicted octanol–water partition coefficient (Wildman–Crippen LogP) is 2.96. The van der Waals surface area contributed by atoms with Gasteiger partial charge in [-0.1, -0.05) is 12.8 Å². The van der Waals surface area contributed by atoms with Crippen LogP contribution in [0.1, 0.15) is 42.5 Å². The summed E-state index contributed by atoms with van der Waals surface area (Å²) in [6.45, 7) is 3.79. The van der Waals surface area contributed by atoms with Gasteiger partial charge in [0.25, 0.3) is 5.91 Å². The normalized spacial score (nSPS) is 16.5. The summed E-state index contributed by atoms with van der Waals surface area (Å²) < 4.78 is 25.8. The molecule has 0 bridgehead atoms. The van der Waals surface area contributed by atoms with Gasteiger partial charge >= 0.3 is 0 Å². The number of hydrogen-bond acceptors (Lipinski definition) is 2. The quantitative estimate of drug-likeness (QED) is 0.847. The summed E-state index contributed by atoms with van der Waals surface area (Å²) in [5.74, 6) is -2.29.